The monoisotopic (exact) mass is 265 g/mol. The van der Waals surface area contributed by atoms with Crippen molar-refractivity contribution in [2.24, 2.45) is 0 Å². The van der Waals surface area contributed by atoms with Gasteiger partial charge in [-0.05, 0) is 26.2 Å². The van der Waals surface area contributed by atoms with E-state index in [0.717, 1.165) is 32.1 Å². The van der Waals surface area contributed by atoms with E-state index >= 15 is 0 Å². The summed E-state index contributed by atoms with van der Waals surface area (Å²) in [5, 5.41) is 6.21. The molecule has 3 rings (SSSR count). The zero-order valence-electron chi connectivity index (χ0n) is 11.2. The molecule has 1 aliphatic carbocycles. The Kier molecular flexibility index (Phi) is 3.50. The van der Waals surface area contributed by atoms with Crippen molar-refractivity contribution in [3.63, 3.8) is 0 Å². The van der Waals surface area contributed by atoms with Crippen molar-refractivity contribution in [3.05, 3.63) is 12.0 Å². The van der Waals surface area contributed by atoms with E-state index in [-0.39, 0.29) is 5.82 Å². The molecule has 1 aromatic heterocycles. The molecule has 0 amide bonds. The molecule has 0 aromatic carbocycles. The first kappa shape index (κ1) is 12.6. The summed E-state index contributed by atoms with van der Waals surface area (Å²) < 4.78 is 13.7. The van der Waals surface area contributed by atoms with Crippen molar-refractivity contribution >= 4 is 11.8 Å². The molecule has 1 aromatic rings. The maximum absolute atomic E-state index is 13.7. The Morgan fingerprint density at radius 2 is 2.26 bits per heavy atom. The van der Waals surface area contributed by atoms with E-state index < -0.39 is 0 Å². The van der Waals surface area contributed by atoms with Crippen molar-refractivity contribution < 1.29 is 4.39 Å². The molecular formula is C13H20FN5. The highest BCUT2D eigenvalue weighted by atomic mass is 19.1. The van der Waals surface area contributed by atoms with Gasteiger partial charge in [0.15, 0.2) is 11.6 Å². The van der Waals surface area contributed by atoms with Crippen molar-refractivity contribution in [2.45, 2.75) is 38.3 Å². The normalized spacial score (nSPS) is 23.6. The number of likely N-dealkylation sites (tertiary alicyclic amines) is 1. The highest BCUT2D eigenvalue weighted by Crippen LogP contribution is 2.30. The average Bonchev–Trinajstić information content (AvgIpc) is 3.15. The zero-order chi connectivity index (χ0) is 13.2. The number of hydrogen-bond acceptors (Lipinski definition) is 5. The Bertz CT molecular complexity index is 449. The minimum Gasteiger partial charge on any atom is -0.363 e. The lowest BCUT2D eigenvalue weighted by molar-refractivity contribution is 0.326. The second kappa shape index (κ2) is 5.28. The van der Waals surface area contributed by atoms with Crippen molar-refractivity contribution in [1.29, 1.82) is 0 Å². The SMILES string of the molecule is CCNc1ncc(F)c(NC2CCN(C3CC3)C2)n1. The van der Waals surface area contributed by atoms with Crippen LogP contribution in [0.3, 0.4) is 0 Å². The molecule has 104 valence electrons. The van der Waals surface area contributed by atoms with E-state index in [9.17, 15) is 4.39 Å². The largest absolute Gasteiger partial charge is 0.363 e. The molecular weight excluding hydrogens is 245 g/mol. The van der Waals surface area contributed by atoms with Gasteiger partial charge in [0.05, 0.1) is 6.20 Å². The first-order valence-electron chi connectivity index (χ1n) is 7.03. The third kappa shape index (κ3) is 2.94. The Balaban J connectivity index is 1.63. The number of anilines is 2. The number of hydrogen-bond donors (Lipinski definition) is 2. The highest BCUT2D eigenvalue weighted by molar-refractivity contribution is 5.42. The van der Waals surface area contributed by atoms with Crippen LogP contribution in [0, 0.1) is 5.82 Å². The van der Waals surface area contributed by atoms with Gasteiger partial charge in [-0.15, -0.1) is 0 Å². The fourth-order valence-electron chi connectivity index (χ4n) is 2.58. The summed E-state index contributed by atoms with van der Waals surface area (Å²) in [6.07, 6.45) is 4.91. The van der Waals surface area contributed by atoms with E-state index in [0.29, 0.717) is 17.8 Å². The Hall–Kier alpha value is -1.43. The van der Waals surface area contributed by atoms with Gasteiger partial charge in [0.25, 0.3) is 0 Å². The van der Waals surface area contributed by atoms with Crippen LogP contribution in [-0.2, 0) is 0 Å². The topological polar surface area (TPSA) is 53.1 Å². The van der Waals surface area contributed by atoms with Gasteiger partial charge in [0.1, 0.15) is 0 Å². The fraction of sp³-hybridized carbons (Fsp3) is 0.692. The van der Waals surface area contributed by atoms with Gasteiger partial charge in [0.2, 0.25) is 5.95 Å². The minimum absolute atomic E-state index is 0.291. The molecule has 2 heterocycles. The molecule has 1 saturated carbocycles. The van der Waals surface area contributed by atoms with Crippen LogP contribution >= 0.6 is 0 Å². The fourth-order valence-corrected chi connectivity index (χ4v) is 2.58. The molecule has 6 heteroatoms. The zero-order valence-corrected chi connectivity index (χ0v) is 11.2. The van der Waals surface area contributed by atoms with Crippen molar-refractivity contribution in [2.75, 3.05) is 30.3 Å². The average molecular weight is 265 g/mol. The number of nitrogens with one attached hydrogen (secondary N) is 2. The van der Waals surface area contributed by atoms with Crippen LogP contribution in [0.15, 0.2) is 6.20 Å². The first-order valence-corrected chi connectivity index (χ1v) is 7.03. The molecule has 2 N–H and O–H groups in total. The van der Waals surface area contributed by atoms with Gasteiger partial charge in [-0.3, -0.25) is 4.90 Å². The first-order chi connectivity index (χ1) is 9.26. The van der Waals surface area contributed by atoms with Gasteiger partial charge >= 0.3 is 0 Å². The van der Waals surface area contributed by atoms with Gasteiger partial charge in [-0.25, -0.2) is 9.37 Å². The van der Waals surface area contributed by atoms with Crippen LogP contribution in [0.5, 0.6) is 0 Å². The lowest BCUT2D eigenvalue weighted by Gasteiger charge is -2.16. The predicted molar refractivity (Wildman–Crippen MR) is 72.8 cm³/mol. The minimum atomic E-state index is -0.383. The van der Waals surface area contributed by atoms with Crippen LogP contribution in [0.25, 0.3) is 0 Å². The van der Waals surface area contributed by atoms with E-state index in [1.165, 1.54) is 19.0 Å². The molecule has 2 fully saturated rings. The number of halogens is 1. The standard InChI is InChI=1S/C13H20FN5/c1-2-15-13-16-7-11(14)12(18-13)17-9-5-6-19(8-9)10-3-4-10/h7,9-10H,2-6,8H2,1H3,(H2,15,16,17,18). The Labute approximate surface area is 112 Å². The van der Waals surface area contributed by atoms with Gasteiger partial charge in [-0.2, -0.15) is 4.98 Å². The third-order valence-electron chi connectivity index (χ3n) is 3.70. The van der Waals surface area contributed by atoms with E-state index in [4.69, 9.17) is 0 Å². The van der Waals surface area contributed by atoms with Crippen molar-refractivity contribution in [3.8, 4) is 0 Å². The number of rotatable bonds is 5. The van der Waals surface area contributed by atoms with Crippen LogP contribution in [0.2, 0.25) is 0 Å². The maximum Gasteiger partial charge on any atom is 0.224 e. The van der Waals surface area contributed by atoms with E-state index in [1.807, 2.05) is 6.92 Å². The van der Waals surface area contributed by atoms with Crippen LogP contribution in [-0.4, -0.2) is 46.6 Å². The van der Waals surface area contributed by atoms with Crippen LogP contribution < -0.4 is 10.6 Å². The quantitative estimate of drug-likeness (QED) is 0.848. The molecule has 5 nitrogen and oxygen atoms in total. The summed E-state index contributed by atoms with van der Waals surface area (Å²) in [6.45, 7) is 4.79. The molecule has 1 atom stereocenters. The Morgan fingerprint density at radius 3 is 3.00 bits per heavy atom. The Morgan fingerprint density at radius 1 is 1.42 bits per heavy atom. The summed E-state index contributed by atoms with van der Waals surface area (Å²) in [4.78, 5) is 10.6. The molecule has 1 saturated heterocycles. The van der Waals surface area contributed by atoms with Crippen LogP contribution in [0.1, 0.15) is 26.2 Å². The van der Waals surface area contributed by atoms with Gasteiger partial charge < -0.3 is 10.6 Å². The summed E-state index contributed by atoms with van der Waals surface area (Å²) in [7, 11) is 0. The molecule has 1 unspecified atom stereocenters. The van der Waals surface area contributed by atoms with Gasteiger partial charge in [-0.1, -0.05) is 0 Å². The molecule has 1 aliphatic heterocycles. The van der Waals surface area contributed by atoms with Crippen LogP contribution in [0.4, 0.5) is 16.2 Å². The van der Waals surface area contributed by atoms with Crippen molar-refractivity contribution in [1.82, 2.24) is 14.9 Å². The van der Waals surface area contributed by atoms with Gasteiger partial charge in [0, 0.05) is 31.7 Å². The second-order valence-corrected chi connectivity index (χ2v) is 5.28. The van der Waals surface area contributed by atoms with E-state index in [1.54, 1.807) is 0 Å². The highest BCUT2D eigenvalue weighted by Gasteiger charge is 2.34. The maximum atomic E-state index is 13.7. The molecule has 0 radical (unpaired) electrons. The molecule has 19 heavy (non-hydrogen) atoms. The molecule has 2 aliphatic rings. The molecule has 0 bridgehead atoms. The molecule has 0 spiro atoms. The van der Waals surface area contributed by atoms with E-state index in [2.05, 4.69) is 25.5 Å². The lowest BCUT2D eigenvalue weighted by Crippen LogP contribution is -2.28. The lowest BCUT2D eigenvalue weighted by atomic mass is 10.2. The summed E-state index contributed by atoms with van der Waals surface area (Å²) in [5.41, 5.74) is 0. The third-order valence-corrected chi connectivity index (χ3v) is 3.70. The smallest absolute Gasteiger partial charge is 0.224 e. The number of aromatic nitrogens is 2. The summed E-state index contributed by atoms with van der Waals surface area (Å²) >= 11 is 0. The summed E-state index contributed by atoms with van der Waals surface area (Å²) in [6, 6.07) is 1.07. The summed E-state index contributed by atoms with van der Waals surface area (Å²) in [5.74, 6) is 0.406. The predicted octanol–water partition coefficient (Wildman–Crippen LogP) is 1.70. The second-order valence-electron chi connectivity index (χ2n) is 5.28. The number of nitrogens with zero attached hydrogens (tertiary/aromatic N) is 3.